The lowest BCUT2D eigenvalue weighted by molar-refractivity contribution is -0.127. The maximum absolute atomic E-state index is 12.0. The Balaban J connectivity index is 0.00000320. The zero-order valence-corrected chi connectivity index (χ0v) is 20.5. The number of hydrogen-bond donors (Lipinski definition) is 1. The highest BCUT2D eigenvalue weighted by Crippen LogP contribution is 2.28. The number of anilines is 1. The number of rotatable bonds is 6. The second kappa shape index (κ2) is 12.2. The third kappa shape index (κ3) is 6.63. The van der Waals surface area contributed by atoms with E-state index in [0.29, 0.717) is 5.92 Å². The Morgan fingerprint density at radius 3 is 2.63 bits per heavy atom. The number of methoxy groups -OCH3 is 1. The number of piperazine rings is 1. The standard InChI is InChI=1S/C21H33N5O3.HI/c1-24(2)20(27)15-23-21(22-14-17-8-13-29-16-17)26-11-9-25(10-12-26)18-6-4-5-7-19(18)28-3;/h4-7,17H,8-16H2,1-3H3,(H,22,23);1H. The molecule has 30 heavy (non-hydrogen) atoms. The number of nitrogens with zero attached hydrogens (tertiary/aromatic N) is 4. The van der Waals surface area contributed by atoms with E-state index in [2.05, 4.69) is 26.2 Å². The van der Waals surface area contributed by atoms with Crippen LogP contribution in [0.3, 0.4) is 0 Å². The second-order valence-electron chi connectivity index (χ2n) is 7.68. The molecule has 8 nitrogen and oxygen atoms in total. The molecule has 1 unspecified atom stereocenters. The molecule has 2 fully saturated rings. The molecule has 2 aliphatic heterocycles. The van der Waals surface area contributed by atoms with Crippen LogP contribution in [0, 0.1) is 5.92 Å². The van der Waals surface area contributed by atoms with E-state index in [1.807, 2.05) is 18.2 Å². The summed E-state index contributed by atoms with van der Waals surface area (Å²) in [5.41, 5.74) is 1.12. The largest absolute Gasteiger partial charge is 0.495 e. The molecular formula is C21H34IN5O3. The third-order valence-corrected chi connectivity index (χ3v) is 5.44. The van der Waals surface area contributed by atoms with Crippen LogP contribution >= 0.6 is 24.0 Å². The number of hydrogen-bond acceptors (Lipinski definition) is 5. The highest BCUT2D eigenvalue weighted by atomic mass is 127. The van der Waals surface area contributed by atoms with E-state index in [1.165, 1.54) is 0 Å². The van der Waals surface area contributed by atoms with Crippen molar-refractivity contribution in [3.05, 3.63) is 24.3 Å². The van der Waals surface area contributed by atoms with Crippen LogP contribution in [0.1, 0.15) is 6.42 Å². The first-order chi connectivity index (χ1) is 14.1. The van der Waals surface area contributed by atoms with Gasteiger partial charge in [0.25, 0.3) is 0 Å². The van der Waals surface area contributed by atoms with Crippen LogP contribution in [0.4, 0.5) is 5.69 Å². The normalized spacial score (nSPS) is 19.3. The maximum atomic E-state index is 12.0. The summed E-state index contributed by atoms with van der Waals surface area (Å²) in [5, 5.41) is 3.48. The summed E-state index contributed by atoms with van der Waals surface area (Å²) in [4.78, 5) is 22.8. The van der Waals surface area contributed by atoms with Crippen molar-refractivity contribution in [2.24, 2.45) is 10.9 Å². The fourth-order valence-electron chi connectivity index (χ4n) is 3.58. The Morgan fingerprint density at radius 2 is 2.00 bits per heavy atom. The smallest absolute Gasteiger partial charge is 0.243 e. The topological polar surface area (TPSA) is 69.6 Å². The van der Waals surface area contributed by atoms with Crippen LogP contribution in [0.15, 0.2) is 29.3 Å². The lowest BCUT2D eigenvalue weighted by atomic mass is 10.1. The number of para-hydroxylation sites is 2. The van der Waals surface area contributed by atoms with Gasteiger partial charge in [-0.1, -0.05) is 12.1 Å². The first-order valence-corrected chi connectivity index (χ1v) is 10.3. The second-order valence-corrected chi connectivity index (χ2v) is 7.68. The van der Waals surface area contributed by atoms with Gasteiger partial charge in [-0.25, -0.2) is 4.99 Å². The van der Waals surface area contributed by atoms with Crippen molar-refractivity contribution < 1.29 is 14.3 Å². The van der Waals surface area contributed by atoms with Gasteiger partial charge in [0.15, 0.2) is 5.96 Å². The van der Waals surface area contributed by atoms with Crippen molar-refractivity contribution in [2.45, 2.75) is 6.42 Å². The van der Waals surface area contributed by atoms with Crippen LogP contribution in [-0.4, -0.2) is 95.4 Å². The molecule has 1 amide bonds. The average molecular weight is 531 g/mol. The molecule has 0 spiro atoms. The predicted molar refractivity (Wildman–Crippen MR) is 130 cm³/mol. The molecule has 0 bridgehead atoms. The van der Waals surface area contributed by atoms with Gasteiger partial charge in [0, 0.05) is 59.3 Å². The van der Waals surface area contributed by atoms with Gasteiger partial charge >= 0.3 is 0 Å². The van der Waals surface area contributed by atoms with E-state index in [0.717, 1.165) is 69.8 Å². The lowest BCUT2D eigenvalue weighted by Crippen LogP contribution is -2.53. The summed E-state index contributed by atoms with van der Waals surface area (Å²) in [7, 11) is 5.22. The zero-order chi connectivity index (χ0) is 20.6. The molecule has 1 N–H and O–H groups in total. The van der Waals surface area contributed by atoms with Crippen LogP contribution in [0.5, 0.6) is 5.75 Å². The summed E-state index contributed by atoms with van der Waals surface area (Å²) in [6.07, 6.45) is 1.07. The number of amides is 1. The number of carbonyl (C=O) groups is 1. The van der Waals surface area contributed by atoms with E-state index < -0.39 is 0 Å². The molecule has 0 aromatic heterocycles. The average Bonchev–Trinajstić information content (AvgIpc) is 3.27. The monoisotopic (exact) mass is 531 g/mol. The van der Waals surface area contributed by atoms with E-state index in [4.69, 9.17) is 9.47 Å². The quantitative estimate of drug-likeness (QED) is 0.341. The van der Waals surface area contributed by atoms with Crippen LogP contribution < -0.4 is 15.0 Å². The maximum Gasteiger partial charge on any atom is 0.243 e. The molecule has 1 atom stereocenters. The minimum absolute atomic E-state index is 0. The van der Waals surface area contributed by atoms with Gasteiger partial charge < -0.3 is 29.5 Å². The molecule has 1 aromatic carbocycles. The highest BCUT2D eigenvalue weighted by molar-refractivity contribution is 14.0. The molecule has 168 valence electrons. The zero-order valence-electron chi connectivity index (χ0n) is 18.2. The number of carbonyl (C=O) groups excluding carboxylic acids is 1. The molecule has 0 saturated carbocycles. The fraction of sp³-hybridized carbons (Fsp3) is 0.619. The number of likely N-dealkylation sites (N-methyl/N-ethyl adjacent to an activating group) is 1. The Morgan fingerprint density at radius 1 is 1.27 bits per heavy atom. The number of ether oxygens (including phenoxy) is 2. The molecular weight excluding hydrogens is 497 g/mol. The van der Waals surface area contributed by atoms with Gasteiger partial charge in [0.1, 0.15) is 12.3 Å². The third-order valence-electron chi connectivity index (χ3n) is 5.44. The fourth-order valence-corrected chi connectivity index (χ4v) is 3.58. The van der Waals surface area contributed by atoms with Crippen LogP contribution in [-0.2, 0) is 9.53 Å². The van der Waals surface area contributed by atoms with E-state index in [1.54, 1.807) is 26.1 Å². The Bertz CT molecular complexity index is 702. The molecule has 1 aromatic rings. The van der Waals surface area contributed by atoms with Gasteiger partial charge in [0.05, 0.1) is 19.4 Å². The Labute approximate surface area is 196 Å². The summed E-state index contributed by atoms with van der Waals surface area (Å²) < 4.78 is 11.0. The minimum Gasteiger partial charge on any atom is -0.495 e. The Hall–Kier alpha value is -1.75. The number of nitrogens with one attached hydrogen (secondary N) is 1. The predicted octanol–water partition coefficient (Wildman–Crippen LogP) is 1.51. The number of aliphatic imine (C=N–C) groups is 1. The number of guanidine groups is 1. The van der Waals surface area contributed by atoms with E-state index in [-0.39, 0.29) is 36.4 Å². The van der Waals surface area contributed by atoms with Gasteiger partial charge in [-0.15, -0.1) is 24.0 Å². The van der Waals surface area contributed by atoms with Crippen molar-refractivity contribution in [1.29, 1.82) is 0 Å². The molecule has 2 aliphatic rings. The molecule has 2 saturated heterocycles. The first-order valence-electron chi connectivity index (χ1n) is 10.3. The Kier molecular flexibility index (Phi) is 9.96. The molecule has 2 heterocycles. The van der Waals surface area contributed by atoms with Gasteiger partial charge in [0.2, 0.25) is 5.91 Å². The summed E-state index contributed by atoms with van der Waals surface area (Å²) >= 11 is 0. The van der Waals surface area contributed by atoms with Crippen LogP contribution in [0.2, 0.25) is 0 Å². The van der Waals surface area contributed by atoms with E-state index >= 15 is 0 Å². The van der Waals surface area contributed by atoms with Crippen molar-refractivity contribution >= 4 is 41.5 Å². The van der Waals surface area contributed by atoms with Crippen molar-refractivity contribution in [2.75, 3.05) is 78.6 Å². The summed E-state index contributed by atoms with van der Waals surface area (Å²) in [6, 6.07) is 8.11. The highest BCUT2D eigenvalue weighted by Gasteiger charge is 2.23. The van der Waals surface area contributed by atoms with Crippen molar-refractivity contribution in [3.8, 4) is 5.75 Å². The van der Waals surface area contributed by atoms with Crippen molar-refractivity contribution in [1.82, 2.24) is 15.1 Å². The molecule has 9 heteroatoms. The number of benzene rings is 1. The first kappa shape index (κ1) is 24.5. The molecule has 3 rings (SSSR count). The number of halogens is 1. The summed E-state index contributed by atoms with van der Waals surface area (Å²) in [5.74, 6) is 2.21. The summed E-state index contributed by atoms with van der Waals surface area (Å²) in [6.45, 7) is 6.01. The molecule has 0 aliphatic carbocycles. The van der Waals surface area contributed by atoms with Crippen molar-refractivity contribution in [3.63, 3.8) is 0 Å². The van der Waals surface area contributed by atoms with E-state index in [9.17, 15) is 4.79 Å². The minimum atomic E-state index is 0. The van der Waals surface area contributed by atoms with Gasteiger partial charge in [-0.2, -0.15) is 0 Å². The molecule has 0 radical (unpaired) electrons. The van der Waals surface area contributed by atoms with Gasteiger partial charge in [-0.05, 0) is 18.6 Å². The van der Waals surface area contributed by atoms with Gasteiger partial charge in [-0.3, -0.25) is 4.79 Å². The van der Waals surface area contributed by atoms with Crippen LogP contribution in [0.25, 0.3) is 0 Å². The lowest BCUT2D eigenvalue weighted by Gasteiger charge is -2.38. The SMILES string of the molecule is COc1ccccc1N1CCN(C(=NCC(=O)N(C)C)NCC2CCOC2)CC1.I.